The number of aldehydes is 1. The lowest BCUT2D eigenvalue weighted by molar-refractivity contribution is -0.110. The van der Waals surface area contributed by atoms with Gasteiger partial charge in [-0.3, -0.25) is 10.3 Å². The number of allylic oxidation sites excluding steroid dienone is 1. The maximum Gasteiger partial charge on any atom is 0.154 e. The molecule has 0 spiro atoms. The van der Waals surface area contributed by atoms with Crippen molar-refractivity contribution >= 4 is 12.1 Å². The Hall–Kier alpha value is -2.23. The minimum absolute atomic E-state index is 0.00893. The van der Waals surface area contributed by atoms with Crippen LogP contribution in [-0.2, 0) is 14.3 Å². The highest BCUT2D eigenvalue weighted by atomic mass is 16.6. The summed E-state index contributed by atoms with van der Waals surface area (Å²) < 4.78 is 14.3. The lowest BCUT2D eigenvalue weighted by atomic mass is 10.1. The van der Waals surface area contributed by atoms with Gasteiger partial charge in [-0.25, -0.2) is 4.98 Å². The number of amidine groups is 1. The molecule has 2 rings (SSSR count). The van der Waals surface area contributed by atoms with Crippen LogP contribution in [0.5, 0.6) is 0 Å². The van der Waals surface area contributed by atoms with Crippen LogP contribution in [0.4, 0.5) is 0 Å². The lowest BCUT2D eigenvalue weighted by Crippen LogP contribution is -2.33. The van der Waals surface area contributed by atoms with Gasteiger partial charge in [-0.15, -0.1) is 0 Å². The van der Waals surface area contributed by atoms with Crippen molar-refractivity contribution in [2.75, 3.05) is 20.4 Å². The van der Waals surface area contributed by atoms with Crippen molar-refractivity contribution in [3.8, 4) is 0 Å². The van der Waals surface area contributed by atoms with Crippen LogP contribution in [0.1, 0.15) is 103 Å². The average molecular weight is 519 g/mol. The van der Waals surface area contributed by atoms with Crippen LogP contribution in [-0.4, -0.2) is 54.2 Å². The average Bonchev–Trinajstić information content (AvgIpc) is 3.45. The molecule has 0 aliphatic carbocycles. The van der Waals surface area contributed by atoms with Gasteiger partial charge in [0, 0.05) is 18.7 Å². The molecule has 1 aliphatic rings. The predicted molar refractivity (Wildman–Crippen MR) is 149 cm³/mol. The molecule has 37 heavy (non-hydrogen) atoms. The van der Waals surface area contributed by atoms with E-state index in [4.69, 9.17) is 15.2 Å². The standard InChI is InChI=1S/C28H50N6O3/c1-6-8-10-11-12-13-14-23(17-35)32-20-36-18-24-16-21(3)28(37-24)34-19-31-26(22(34)4)27(30-5)33-25(29)15-9-7-2/h15,17,19,21,23-24,28,32H,6-14,16,18,20,29H2,1-5H3,(H,30,33)/b25-15+. The fraction of sp³-hybridized carbons (Fsp3) is 0.750. The molecule has 0 saturated carbocycles. The fourth-order valence-electron chi connectivity index (χ4n) is 4.70. The minimum Gasteiger partial charge on any atom is -0.385 e. The number of rotatable bonds is 18. The van der Waals surface area contributed by atoms with Gasteiger partial charge in [0.2, 0.25) is 0 Å². The Bertz CT molecular complexity index is 853. The number of unbranched alkanes of at least 4 members (excludes halogenated alkanes) is 6. The Balaban J connectivity index is 1.80. The van der Waals surface area contributed by atoms with Crippen LogP contribution in [0.25, 0.3) is 0 Å². The number of carbonyl (C=O) groups is 1. The molecule has 0 bridgehead atoms. The van der Waals surface area contributed by atoms with E-state index >= 15 is 0 Å². The van der Waals surface area contributed by atoms with Crippen molar-refractivity contribution < 1.29 is 14.3 Å². The van der Waals surface area contributed by atoms with Gasteiger partial charge in [-0.1, -0.05) is 65.7 Å². The molecule has 4 N–H and O–H groups in total. The summed E-state index contributed by atoms with van der Waals surface area (Å²) in [6, 6.07) is -0.150. The van der Waals surface area contributed by atoms with E-state index in [-0.39, 0.29) is 18.4 Å². The Morgan fingerprint density at radius 1 is 1.30 bits per heavy atom. The minimum atomic E-state index is -0.150. The van der Waals surface area contributed by atoms with Crippen molar-refractivity contribution in [1.82, 2.24) is 20.2 Å². The van der Waals surface area contributed by atoms with Gasteiger partial charge in [0.25, 0.3) is 0 Å². The first-order chi connectivity index (χ1) is 17.9. The largest absolute Gasteiger partial charge is 0.385 e. The summed E-state index contributed by atoms with van der Waals surface area (Å²) in [4.78, 5) is 20.4. The van der Waals surface area contributed by atoms with Crippen LogP contribution >= 0.6 is 0 Å². The third-order valence-electron chi connectivity index (χ3n) is 6.92. The van der Waals surface area contributed by atoms with Gasteiger partial charge in [-0.2, -0.15) is 0 Å². The molecule has 1 saturated heterocycles. The summed E-state index contributed by atoms with van der Waals surface area (Å²) in [7, 11) is 1.73. The Kier molecular flexibility index (Phi) is 14.5. The molecule has 4 atom stereocenters. The first-order valence-electron chi connectivity index (χ1n) is 14.1. The maximum absolute atomic E-state index is 11.4. The molecule has 0 amide bonds. The zero-order valence-corrected chi connectivity index (χ0v) is 23.7. The van der Waals surface area contributed by atoms with Crippen molar-refractivity contribution in [2.24, 2.45) is 16.6 Å². The Morgan fingerprint density at radius 2 is 2.05 bits per heavy atom. The highest BCUT2D eigenvalue weighted by Gasteiger charge is 2.35. The van der Waals surface area contributed by atoms with Crippen LogP contribution in [0.15, 0.2) is 23.2 Å². The highest BCUT2D eigenvalue weighted by molar-refractivity contribution is 5.98. The molecule has 210 valence electrons. The monoisotopic (exact) mass is 518 g/mol. The van der Waals surface area contributed by atoms with Crippen molar-refractivity contribution in [2.45, 2.75) is 110 Å². The zero-order valence-electron chi connectivity index (χ0n) is 23.7. The van der Waals surface area contributed by atoms with Gasteiger partial charge in [0.15, 0.2) is 5.84 Å². The van der Waals surface area contributed by atoms with E-state index < -0.39 is 0 Å². The fourth-order valence-corrected chi connectivity index (χ4v) is 4.70. The molecular formula is C28H50N6O3. The number of aliphatic imine (C=N–C) groups is 1. The van der Waals surface area contributed by atoms with E-state index in [9.17, 15) is 4.79 Å². The second kappa shape index (κ2) is 17.3. The molecule has 9 nitrogen and oxygen atoms in total. The first-order valence-corrected chi connectivity index (χ1v) is 14.1. The number of nitrogens with one attached hydrogen (secondary N) is 2. The van der Waals surface area contributed by atoms with Gasteiger partial charge in [-0.05, 0) is 32.3 Å². The van der Waals surface area contributed by atoms with Crippen LogP contribution < -0.4 is 16.4 Å². The molecule has 1 aromatic heterocycles. The number of nitrogens with zero attached hydrogens (tertiary/aromatic N) is 3. The van der Waals surface area contributed by atoms with Crippen molar-refractivity contribution in [3.63, 3.8) is 0 Å². The number of aromatic nitrogens is 2. The summed E-state index contributed by atoms with van der Waals surface area (Å²) in [5.41, 5.74) is 7.83. The van der Waals surface area contributed by atoms with E-state index in [1.807, 2.05) is 19.3 Å². The zero-order chi connectivity index (χ0) is 27.0. The van der Waals surface area contributed by atoms with E-state index in [1.165, 1.54) is 32.1 Å². The van der Waals surface area contributed by atoms with Gasteiger partial charge >= 0.3 is 0 Å². The van der Waals surface area contributed by atoms with Crippen LogP contribution in [0, 0.1) is 12.8 Å². The highest BCUT2D eigenvalue weighted by Crippen LogP contribution is 2.35. The van der Waals surface area contributed by atoms with Crippen molar-refractivity contribution in [1.29, 1.82) is 0 Å². The number of nitrogens with two attached hydrogens (primary N) is 1. The predicted octanol–water partition coefficient (Wildman–Crippen LogP) is 4.56. The molecule has 9 heteroatoms. The molecule has 1 aliphatic heterocycles. The lowest BCUT2D eigenvalue weighted by Gasteiger charge is -2.19. The SMILES string of the molecule is CCC/C=C(\N)NC(=NC)c1ncn(C2OC(COCNC(C=O)CCCCCCCC)CC2C)c1C. The second-order valence-electron chi connectivity index (χ2n) is 10.1. The Labute approximate surface area is 223 Å². The molecule has 4 unspecified atom stereocenters. The Morgan fingerprint density at radius 3 is 2.76 bits per heavy atom. The summed E-state index contributed by atoms with van der Waals surface area (Å²) in [6.45, 7) is 9.37. The molecule has 1 aromatic rings. The molecule has 0 aromatic carbocycles. The summed E-state index contributed by atoms with van der Waals surface area (Å²) in [6.07, 6.45) is 15.7. The first kappa shape index (κ1) is 31.0. The number of ether oxygens (including phenoxy) is 2. The molecule has 2 heterocycles. The molecule has 0 radical (unpaired) electrons. The number of hydrogen-bond acceptors (Lipinski definition) is 7. The normalized spacial score (nSPS) is 21.4. The molecular weight excluding hydrogens is 468 g/mol. The van der Waals surface area contributed by atoms with Gasteiger partial charge in [0.1, 0.15) is 18.2 Å². The second-order valence-corrected chi connectivity index (χ2v) is 10.1. The van der Waals surface area contributed by atoms with Gasteiger partial charge < -0.3 is 29.9 Å². The topological polar surface area (TPSA) is 116 Å². The maximum atomic E-state index is 11.4. The van der Waals surface area contributed by atoms with Gasteiger partial charge in [0.05, 0.1) is 37.6 Å². The summed E-state index contributed by atoms with van der Waals surface area (Å²) in [5.74, 6) is 1.53. The molecule has 1 fully saturated rings. The van der Waals surface area contributed by atoms with E-state index in [2.05, 4.69) is 45.9 Å². The quantitative estimate of drug-likeness (QED) is 0.0857. The summed E-state index contributed by atoms with van der Waals surface area (Å²) >= 11 is 0. The summed E-state index contributed by atoms with van der Waals surface area (Å²) in [5, 5.41) is 6.39. The van der Waals surface area contributed by atoms with E-state index in [1.54, 1.807) is 7.05 Å². The van der Waals surface area contributed by atoms with E-state index in [0.29, 0.717) is 30.9 Å². The third-order valence-corrected chi connectivity index (χ3v) is 6.92. The number of imidazole rings is 1. The smallest absolute Gasteiger partial charge is 0.154 e. The third kappa shape index (κ3) is 10.2. The van der Waals surface area contributed by atoms with Crippen molar-refractivity contribution in [3.05, 3.63) is 29.6 Å². The number of carbonyl (C=O) groups excluding carboxylic acids is 1. The van der Waals surface area contributed by atoms with Crippen LogP contribution in [0.2, 0.25) is 0 Å². The number of hydrogen-bond donors (Lipinski definition) is 3. The van der Waals surface area contributed by atoms with Crippen LogP contribution in [0.3, 0.4) is 0 Å². The van der Waals surface area contributed by atoms with E-state index in [0.717, 1.165) is 49.8 Å².